The summed E-state index contributed by atoms with van der Waals surface area (Å²) in [6.07, 6.45) is 0.257. The van der Waals surface area contributed by atoms with Crippen LogP contribution in [-0.2, 0) is 29.2 Å². The van der Waals surface area contributed by atoms with Gasteiger partial charge in [-0.15, -0.1) is 12.4 Å². The normalized spacial score (nSPS) is 14.7. The molecular formula is C20H22ClN3O3. The highest BCUT2D eigenvalue weighted by molar-refractivity contribution is 5.98. The van der Waals surface area contributed by atoms with Gasteiger partial charge in [0.2, 0.25) is 5.91 Å². The van der Waals surface area contributed by atoms with Gasteiger partial charge in [0, 0.05) is 32.6 Å². The Balaban J connectivity index is 0.00000210. The van der Waals surface area contributed by atoms with E-state index in [9.17, 15) is 9.59 Å². The van der Waals surface area contributed by atoms with Gasteiger partial charge in [-0.05, 0) is 28.8 Å². The molecule has 0 bridgehead atoms. The van der Waals surface area contributed by atoms with Crippen molar-refractivity contribution >= 4 is 29.9 Å². The quantitative estimate of drug-likeness (QED) is 0.824. The number of hydrogen-bond donors (Lipinski definition) is 2. The number of halogens is 1. The van der Waals surface area contributed by atoms with Crippen molar-refractivity contribution in [3.63, 3.8) is 0 Å². The summed E-state index contributed by atoms with van der Waals surface area (Å²) in [5.41, 5.74) is 4.44. The van der Waals surface area contributed by atoms with E-state index in [-0.39, 0.29) is 37.2 Å². The molecule has 142 valence electrons. The minimum Gasteiger partial charge on any atom is -0.482 e. The van der Waals surface area contributed by atoms with Crippen LogP contribution in [0.15, 0.2) is 42.5 Å². The van der Waals surface area contributed by atoms with Crippen molar-refractivity contribution in [2.24, 2.45) is 0 Å². The topological polar surface area (TPSA) is 70.7 Å². The second-order valence-electron chi connectivity index (χ2n) is 6.54. The van der Waals surface area contributed by atoms with Crippen molar-refractivity contribution < 1.29 is 14.3 Å². The summed E-state index contributed by atoms with van der Waals surface area (Å²) in [5, 5.41) is 6.25. The van der Waals surface area contributed by atoms with Gasteiger partial charge in [-0.1, -0.05) is 30.3 Å². The fourth-order valence-corrected chi connectivity index (χ4v) is 3.36. The van der Waals surface area contributed by atoms with Crippen molar-refractivity contribution in [3.05, 3.63) is 59.2 Å². The zero-order valence-electron chi connectivity index (χ0n) is 14.9. The van der Waals surface area contributed by atoms with E-state index < -0.39 is 0 Å². The number of fused-ring (bicyclic) bond motifs is 2. The van der Waals surface area contributed by atoms with Crippen LogP contribution in [0, 0.1) is 0 Å². The van der Waals surface area contributed by atoms with Crippen molar-refractivity contribution in [2.75, 3.05) is 18.1 Å². The van der Waals surface area contributed by atoms with Crippen LogP contribution in [0.4, 0.5) is 5.69 Å². The van der Waals surface area contributed by atoms with E-state index in [0.717, 1.165) is 24.3 Å². The second-order valence-corrected chi connectivity index (χ2v) is 6.54. The Hall–Kier alpha value is -2.57. The molecule has 2 aliphatic heterocycles. The summed E-state index contributed by atoms with van der Waals surface area (Å²) in [6, 6.07) is 13.7. The molecule has 0 fully saturated rings. The van der Waals surface area contributed by atoms with Gasteiger partial charge in [-0.25, -0.2) is 0 Å². The average molecular weight is 388 g/mol. The number of carbonyl (C=O) groups excluding carboxylic acids is 2. The van der Waals surface area contributed by atoms with E-state index in [0.29, 0.717) is 18.8 Å². The van der Waals surface area contributed by atoms with Crippen LogP contribution < -0.4 is 20.3 Å². The van der Waals surface area contributed by atoms with Crippen LogP contribution in [0.1, 0.15) is 23.1 Å². The first-order chi connectivity index (χ1) is 12.7. The molecule has 2 amide bonds. The lowest BCUT2D eigenvalue weighted by molar-refractivity contribution is -0.122. The molecule has 27 heavy (non-hydrogen) atoms. The minimum absolute atomic E-state index is 0. The van der Waals surface area contributed by atoms with Crippen molar-refractivity contribution in [1.82, 2.24) is 10.6 Å². The van der Waals surface area contributed by atoms with E-state index in [4.69, 9.17) is 4.74 Å². The third kappa shape index (κ3) is 4.23. The number of anilines is 1. The smallest absolute Gasteiger partial charge is 0.265 e. The number of nitrogens with zero attached hydrogens (tertiary/aromatic N) is 1. The molecule has 0 aliphatic carbocycles. The third-order valence-electron chi connectivity index (χ3n) is 4.76. The lowest BCUT2D eigenvalue weighted by Gasteiger charge is -2.29. The maximum Gasteiger partial charge on any atom is 0.265 e. The van der Waals surface area contributed by atoms with Crippen LogP contribution >= 0.6 is 12.4 Å². The molecule has 2 aromatic rings. The molecule has 0 unspecified atom stereocenters. The first-order valence-electron chi connectivity index (χ1n) is 8.81. The lowest BCUT2D eigenvalue weighted by Crippen LogP contribution is -2.41. The summed E-state index contributed by atoms with van der Waals surface area (Å²) in [7, 11) is 0. The standard InChI is InChI=1S/C20H21N3O3.ClH/c24-19(22-10-14-5-6-15-11-21-12-16(15)9-14)7-8-23-17-3-1-2-4-18(17)26-13-20(23)25;/h1-6,9,21H,7-8,10-13H2,(H,22,24);1H. The Kier molecular flexibility index (Phi) is 5.98. The molecule has 2 N–H and O–H groups in total. The number of nitrogens with one attached hydrogen (secondary N) is 2. The maximum atomic E-state index is 12.2. The third-order valence-corrected chi connectivity index (χ3v) is 4.76. The number of ether oxygens (including phenoxy) is 1. The van der Waals surface area contributed by atoms with Crippen molar-refractivity contribution in [3.8, 4) is 5.75 Å². The van der Waals surface area contributed by atoms with Gasteiger partial charge < -0.3 is 20.3 Å². The van der Waals surface area contributed by atoms with Gasteiger partial charge in [-0.2, -0.15) is 0 Å². The van der Waals surface area contributed by atoms with E-state index in [1.807, 2.05) is 30.3 Å². The van der Waals surface area contributed by atoms with Gasteiger partial charge >= 0.3 is 0 Å². The minimum atomic E-state index is -0.123. The number of hydrogen-bond acceptors (Lipinski definition) is 4. The Bertz CT molecular complexity index is 856. The van der Waals surface area contributed by atoms with Crippen molar-refractivity contribution in [2.45, 2.75) is 26.1 Å². The summed E-state index contributed by atoms with van der Waals surface area (Å²) < 4.78 is 5.42. The summed E-state index contributed by atoms with van der Waals surface area (Å²) in [5.74, 6) is 0.488. The van der Waals surface area contributed by atoms with Gasteiger partial charge in [-0.3, -0.25) is 9.59 Å². The molecular weight excluding hydrogens is 366 g/mol. The second kappa shape index (κ2) is 8.41. The highest BCUT2D eigenvalue weighted by Crippen LogP contribution is 2.31. The molecule has 0 saturated heterocycles. The van der Waals surface area contributed by atoms with Gasteiger partial charge in [0.15, 0.2) is 6.61 Å². The largest absolute Gasteiger partial charge is 0.482 e. The Morgan fingerprint density at radius 3 is 2.85 bits per heavy atom. The Morgan fingerprint density at radius 1 is 1.15 bits per heavy atom. The van der Waals surface area contributed by atoms with Crippen LogP contribution in [0.2, 0.25) is 0 Å². The maximum absolute atomic E-state index is 12.2. The van der Waals surface area contributed by atoms with Crippen LogP contribution in [0.3, 0.4) is 0 Å². The number of amides is 2. The molecule has 0 spiro atoms. The Morgan fingerprint density at radius 2 is 1.96 bits per heavy atom. The van der Waals surface area contributed by atoms with E-state index in [2.05, 4.69) is 22.8 Å². The zero-order chi connectivity index (χ0) is 17.9. The summed E-state index contributed by atoms with van der Waals surface area (Å²) in [4.78, 5) is 26.0. The molecule has 0 aromatic heterocycles. The highest BCUT2D eigenvalue weighted by Gasteiger charge is 2.25. The van der Waals surface area contributed by atoms with E-state index >= 15 is 0 Å². The highest BCUT2D eigenvalue weighted by atomic mass is 35.5. The van der Waals surface area contributed by atoms with Crippen LogP contribution in [0.25, 0.3) is 0 Å². The Labute approximate surface area is 164 Å². The first kappa shape index (κ1) is 19.2. The predicted octanol–water partition coefficient (Wildman–Crippen LogP) is 2.14. The predicted molar refractivity (Wildman–Crippen MR) is 105 cm³/mol. The van der Waals surface area contributed by atoms with Gasteiger partial charge in [0.1, 0.15) is 5.75 Å². The lowest BCUT2D eigenvalue weighted by atomic mass is 10.1. The van der Waals surface area contributed by atoms with Crippen molar-refractivity contribution in [1.29, 1.82) is 0 Å². The monoisotopic (exact) mass is 387 g/mol. The molecule has 2 aromatic carbocycles. The number of benzene rings is 2. The number of rotatable bonds is 5. The van der Waals surface area contributed by atoms with Crippen LogP contribution in [0.5, 0.6) is 5.75 Å². The van der Waals surface area contributed by atoms with E-state index in [1.54, 1.807) is 4.90 Å². The number of para-hydroxylation sites is 2. The first-order valence-corrected chi connectivity index (χ1v) is 8.81. The summed E-state index contributed by atoms with van der Waals surface area (Å²) >= 11 is 0. The zero-order valence-corrected chi connectivity index (χ0v) is 15.7. The molecule has 7 heteroatoms. The molecule has 6 nitrogen and oxygen atoms in total. The fraction of sp³-hybridized carbons (Fsp3) is 0.300. The summed E-state index contributed by atoms with van der Waals surface area (Å²) in [6.45, 7) is 2.66. The fourth-order valence-electron chi connectivity index (χ4n) is 3.36. The SMILES string of the molecule is Cl.O=C(CCN1C(=O)COc2ccccc21)NCc1ccc2c(c1)CNC2. The van der Waals surface area contributed by atoms with Crippen LogP contribution in [-0.4, -0.2) is 25.0 Å². The van der Waals surface area contributed by atoms with Gasteiger partial charge in [0.25, 0.3) is 5.91 Å². The molecule has 0 saturated carbocycles. The molecule has 2 aliphatic rings. The average Bonchev–Trinajstić information content (AvgIpc) is 3.13. The molecule has 4 rings (SSSR count). The molecule has 0 radical (unpaired) electrons. The number of carbonyl (C=O) groups is 2. The molecule has 2 heterocycles. The molecule has 0 atom stereocenters. The van der Waals surface area contributed by atoms with Gasteiger partial charge in [0.05, 0.1) is 5.69 Å². The van der Waals surface area contributed by atoms with E-state index in [1.165, 1.54) is 11.1 Å².